The van der Waals surface area contributed by atoms with Gasteiger partial charge in [0.05, 0.1) is 16.0 Å². The Bertz CT molecular complexity index is 664. The number of carbonyl (C=O) groups is 2. The summed E-state index contributed by atoms with van der Waals surface area (Å²) in [6.07, 6.45) is 5.21. The molecular formula is C19H26ClN3O2. The highest BCUT2D eigenvalue weighted by Crippen LogP contribution is 2.44. The van der Waals surface area contributed by atoms with Crippen LogP contribution < -0.4 is 16.0 Å². The summed E-state index contributed by atoms with van der Waals surface area (Å²) in [4.78, 5) is 25.0. The number of hydrogen-bond acceptors (Lipinski definition) is 3. The third-order valence-electron chi connectivity index (χ3n) is 5.50. The van der Waals surface area contributed by atoms with Crippen molar-refractivity contribution in [3.05, 3.63) is 28.8 Å². The summed E-state index contributed by atoms with van der Waals surface area (Å²) in [7, 11) is 0. The summed E-state index contributed by atoms with van der Waals surface area (Å²) in [5, 5.41) is 9.58. The average Bonchev–Trinajstić information content (AvgIpc) is 3.05. The largest absolute Gasteiger partial charge is 0.352 e. The van der Waals surface area contributed by atoms with Crippen LogP contribution in [0.4, 0.5) is 5.69 Å². The number of anilines is 1. The minimum absolute atomic E-state index is 0.0708. The van der Waals surface area contributed by atoms with E-state index in [-0.39, 0.29) is 17.2 Å². The van der Waals surface area contributed by atoms with Crippen molar-refractivity contribution >= 4 is 29.1 Å². The van der Waals surface area contributed by atoms with Gasteiger partial charge in [-0.2, -0.15) is 0 Å². The molecule has 0 radical (unpaired) electrons. The number of amides is 2. The van der Waals surface area contributed by atoms with Crippen LogP contribution in [0.2, 0.25) is 5.02 Å². The molecule has 1 aliphatic heterocycles. The third kappa shape index (κ3) is 3.67. The fourth-order valence-electron chi connectivity index (χ4n) is 4.06. The minimum Gasteiger partial charge on any atom is -0.352 e. The molecule has 3 rings (SSSR count). The Kier molecular flexibility index (Phi) is 5.64. The smallest absolute Gasteiger partial charge is 0.252 e. The number of nitrogens with one attached hydrogen (secondary N) is 3. The molecule has 1 aliphatic carbocycles. The standard InChI is InChI=1S/C19H26ClN3O2/c1-2-9-22-17(24)15-7-6-14(10-16(15)20)23-18(25)19-8-4-3-5-13(19)11-21-12-19/h6-7,10,13,21H,2-5,8-9,11-12H2,1H3,(H,22,24)(H,23,25)/t13-,19+/m0/s1. The molecule has 1 saturated heterocycles. The van der Waals surface area contributed by atoms with Gasteiger partial charge in [-0.25, -0.2) is 0 Å². The predicted octanol–water partition coefficient (Wildman–Crippen LogP) is 3.20. The van der Waals surface area contributed by atoms with Crippen LogP contribution in [0.3, 0.4) is 0 Å². The molecule has 5 nitrogen and oxygen atoms in total. The van der Waals surface area contributed by atoms with E-state index in [0.29, 0.717) is 28.7 Å². The number of benzene rings is 1. The lowest BCUT2D eigenvalue weighted by molar-refractivity contribution is -0.128. The topological polar surface area (TPSA) is 70.2 Å². The van der Waals surface area contributed by atoms with Crippen LogP contribution in [-0.2, 0) is 4.79 Å². The maximum Gasteiger partial charge on any atom is 0.252 e. The van der Waals surface area contributed by atoms with E-state index in [0.717, 1.165) is 38.8 Å². The normalized spacial score (nSPS) is 25.3. The monoisotopic (exact) mass is 363 g/mol. The molecule has 1 aromatic carbocycles. The Morgan fingerprint density at radius 1 is 1.36 bits per heavy atom. The Morgan fingerprint density at radius 3 is 2.96 bits per heavy atom. The van der Waals surface area contributed by atoms with E-state index < -0.39 is 0 Å². The summed E-state index contributed by atoms with van der Waals surface area (Å²) in [6.45, 7) is 4.28. The van der Waals surface area contributed by atoms with E-state index in [1.165, 1.54) is 6.42 Å². The molecule has 2 atom stereocenters. The molecule has 3 N–H and O–H groups in total. The zero-order valence-electron chi connectivity index (χ0n) is 14.7. The highest BCUT2D eigenvalue weighted by atomic mass is 35.5. The van der Waals surface area contributed by atoms with Gasteiger partial charge in [0.25, 0.3) is 5.91 Å². The Hall–Kier alpha value is -1.59. The molecule has 1 aromatic rings. The molecule has 2 aliphatic rings. The fourth-order valence-corrected chi connectivity index (χ4v) is 4.32. The first kappa shape index (κ1) is 18.2. The lowest BCUT2D eigenvalue weighted by atomic mass is 9.67. The van der Waals surface area contributed by atoms with Gasteiger partial charge >= 0.3 is 0 Å². The van der Waals surface area contributed by atoms with Crippen LogP contribution >= 0.6 is 11.6 Å². The van der Waals surface area contributed by atoms with Gasteiger partial charge < -0.3 is 16.0 Å². The van der Waals surface area contributed by atoms with Crippen LogP contribution in [0.25, 0.3) is 0 Å². The molecule has 0 aromatic heterocycles. The van der Waals surface area contributed by atoms with E-state index in [9.17, 15) is 9.59 Å². The lowest BCUT2D eigenvalue weighted by Crippen LogP contribution is -2.44. The number of carbonyl (C=O) groups excluding carboxylic acids is 2. The Labute approximate surface area is 153 Å². The van der Waals surface area contributed by atoms with Gasteiger partial charge in [0, 0.05) is 18.8 Å². The van der Waals surface area contributed by atoms with Gasteiger partial charge in [-0.3, -0.25) is 9.59 Å². The molecule has 0 bridgehead atoms. The Balaban J connectivity index is 1.71. The van der Waals surface area contributed by atoms with E-state index in [2.05, 4.69) is 16.0 Å². The summed E-state index contributed by atoms with van der Waals surface area (Å²) in [5.41, 5.74) is 0.777. The van der Waals surface area contributed by atoms with Crippen LogP contribution in [-0.4, -0.2) is 31.4 Å². The van der Waals surface area contributed by atoms with Crippen molar-refractivity contribution in [2.45, 2.75) is 39.0 Å². The van der Waals surface area contributed by atoms with Crippen molar-refractivity contribution in [3.8, 4) is 0 Å². The predicted molar refractivity (Wildman–Crippen MR) is 100.0 cm³/mol. The molecule has 0 unspecified atom stereocenters. The van der Waals surface area contributed by atoms with Gasteiger partial charge in [-0.15, -0.1) is 0 Å². The summed E-state index contributed by atoms with van der Waals surface area (Å²) >= 11 is 6.26. The molecule has 136 valence electrons. The fraction of sp³-hybridized carbons (Fsp3) is 0.579. The second-order valence-corrected chi connectivity index (χ2v) is 7.54. The summed E-state index contributed by atoms with van der Waals surface area (Å²) < 4.78 is 0. The molecule has 0 spiro atoms. The van der Waals surface area contributed by atoms with E-state index in [4.69, 9.17) is 11.6 Å². The maximum absolute atomic E-state index is 13.0. The van der Waals surface area contributed by atoms with Crippen molar-refractivity contribution in [2.75, 3.05) is 25.0 Å². The molecule has 1 heterocycles. The van der Waals surface area contributed by atoms with Crippen molar-refractivity contribution < 1.29 is 9.59 Å². The zero-order valence-corrected chi connectivity index (χ0v) is 15.4. The summed E-state index contributed by atoms with van der Waals surface area (Å²) in [5.74, 6) is 0.299. The summed E-state index contributed by atoms with van der Waals surface area (Å²) in [6, 6.07) is 5.09. The van der Waals surface area contributed by atoms with Gasteiger partial charge in [0.2, 0.25) is 5.91 Å². The molecule has 6 heteroatoms. The molecule has 2 fully saturated rings. The van der Waals surface area contributed by atoms with Crippen molar-refractivity contribution in [2.24, 2.45) is 11.3 Å². The third-order valence-corrected chi connectivity index (χ3v) is 5.81. The first-order valence-corrected chi connectivity index (χ1v) is 9.54. The molecule has 1 saturated carbocycles. The molecule has 25 heavy (non-hydrogen) atoms. The molecule has 2 amide bonds. The average molecular weight is 364 g/mol. The van der Waals surface area contributed by atoms with Crippen molar-refractivity contribution in [1.82, 2.24) is 10.6 Å². The minimum atomic E-state index is -0.304. The zero-order chi connectivity index (χ0) is 17.9. The van der Waals surface area contributed by atoms with Gasteiger partial charge in [-0.05, 0) is 49.9 Å². The van der Waals surface area contributed by atoms with Crippen LogP contribution in [0.1, 0.15) is 49.4 Å². The van der Waals surface area contributed by atoms with Gasteiger partial charge in [-0.1, -0.05) is 31.4 Å². The van der Waals surface area contributed by atoms with Crippen LogP contribution in [0, 0.1) is 11.3 Å². The number of hydrogen-bond donors (Lipinski definition) is 3. The second kappa shape index (κ2) is 7.75. The maximum atomic E-state index is 13.0. The number of fused-ring (bicyclic) bond motifs is 1. The van der Waals surface area contributed by atoms with Gasteiger partial charge in [0.15, 0.2) is 0 Å². The number of rotatable bonds is 5. The SMILES string of the molecule is CCCNC(=O)c1ccc(NC(=O)[C@@]23CCCC[C@H]2CNC3)cc1Cl. The van der Waals surface area contributed by atoms with Crippen LogP contribution in [0.5, 0.6) is 0 Å². The quantitative estimate of drug-likeness (QED) is 0.752. The first-order chi connectivity index (χ1) is 12.1. The van der Waals surface area contributed by atoms with E-state index in [1.807, 2.05) is 6.92 Å². The highest BCUT2D eigenvalue weighted by Gasteiger charge is 2.49. The highest BCUT2D eigenvalue weighted by molar-refractivity contribution is 6.34. The first-order valence-electron chi connectivity index (χ1n) is 9.17. The number of halogens is 1. The van der Waals surface area contributed by atoms with E-state index in [1.54, 1.807) is 18.2 Å². The molecular weight excluding hydrogens is 338 g/mol. The van der Waals surface area contributed by atoms with Crippen molar-refractivity contribution in [3.63, 3.8) is 0 Å². The second-order valence-electron chi connectivity index (χ2n) is 7.13. The van der Waals surface area contributed by atoms with Crippen LogP contribution in [0.15, 0.2) is 18.2 Å². The van der Waals surface area contributed by atoms with Gasteiger partial charge in [0.1, 0.15) is 0 Å². The van der Waals surface area contributed by atoms with Crippen molar-refractivity contribution in [1.29, 1.82) is 0 Å². The lowest BCUT2D eigenvalue weighted by Gasteiger charge is -2.37. The Morgan fingerprint density at radius 2 is 2.20 bits per heavy atom. The van der Waals surface area contributed by atoms with E-state index >= 15 is 0 Å².